The van der Waals surface area contributed by atoms with E-state index in [0.29, 0.717) is 0 Å². The molecule has 3 atom stereocenters. The number of aliphatic hydroxyl groups is 1. The van der Waals surface area contributed by atoms with Crippen LogP contribution in [0.5, 0.6) is 0 Å². The summed E-state index contributed by atoms with van der Waals surface area (Å²) in [4.78, 5) is 0. The third kappa shape index (κ3) is 3.11. The lowest BCUT2D eigenvalue weighted by Crippen LogP contribution is -2.36. The fourth-order valence-electron chi connectivity index (χ4n) is 7.20. The first-order chi connectivity index (χ1) is 17.8. The zero-order valence-electron chi connectivity index (χ0n) is 20.7. The van der Waals surface area contributed by atoms with Crippen molar-refractivity contribution in [1.29, 1.82) is 0 Å². The van der Waals surface area contributed by atoms with Crippen LogP contribution >= 0.6 is 31.9 Å². The molecule has 0 spiro atoms. The van der Waals surface area contributed by atoms with Gasteiger partial charge in [0.1, 0.15) is 5.60 Å². The van der Waals surface area contributed by atoms with Gasteiger partial charge in [-0.2, -0.15) is 0 Å². The molecule has 3 aliphatic carbocycles. The Hall–Kier alpha value is -2.72. The summed E-state index contributed by atoms with van der Waals surface area (Å²) >= 11 is 7.70. The van der Waals surface area contributed by atoms with E-state index < -0.39 is 5.60 Å². The van der Waals surface area contributed by atoms with Gasteiger partial charge in [0.15, 0.2) is 0 Å². The molecule has 3 aliphatic rings. The molecule has 37 heavy (non-hydrogen) atoms. The van der Waals surface area contributed by atoms with E-state index in [2.05, 4.69) is 137 Å². The molecule has 0 saturated heterocycles. The highest BCUT2D eigenvalue weighted by Crippen LogP contribution is 2.66. The molecule has 0 bridgehead atoms. The summed E-state index contributed by atoms with van der Waals surface area (Å²) in [6.07, 6.45) is 2.28. The summed E-state index contributed by atoms with van der Waals surface area (Å²) in [7, 11) is 0. The van der Waals surface area contributed by atoms with E-state index in [9.17, 15) is 5.11 Å². The van der Waals surface area contributed by atoms with Crippen LogP contribution in [0.25, 0.3) is 16.7 Å². The van der Waals surface area contributed by atoms with Gasteiger partial charge in [0.05, 0.1) is 0 Å². The monoisotopic (exact) mass is 608 g/mol. The van der Waals surface area contributed by atoms with Gasteiger partial charge < -0.3 is 5.11 Å². The van der Waals surface area contributed by atoms with Crippen LogP contribution in [0, 0.1) is 5.92 Å². The van der Waals surface area contributed by atoms with Crippen molar-refractivity contribution >= 4 is 37.4 Å². The van der Waals surface area contributed by atoms with Gasteiger partial charge >= 0.3 is 0 Å². The number of allylic oxidation sites excluding steroid dienone is 3. The standard InChI is InChI=1S/C34H26Br2O/c1-33(2)25-14-8-7-13-23(25)31-29(36)19-28-30(32(31)33)24-17-16-21(35)18-27(24)34(28,37)26-15-9-6-12-22(26)20-10-4-3-5-11-20/h3-19,28,30,37H,1-2H3. The Kier molecular flexibility index (Phi) is 5.15. The maximum absolute atomic E-state index is 13.1. The smallest absolute Gasteiger partial charge is 0.123 e. The quantitative estimate of drug-likeness (QED) is 0.240. The zero-order valence-corrected chi connectivity index (χ0v) is 23.8. The highest BCUT2D eigenvalue weighted by molar-refractivity contribution is 9.12. The van der Waals surface area contributed by atoms with Crippen molar-refractivity contribution in [2.45, 2.75) is 30.8 Å². The van der Waals surface area contributed by atoms with Gasteiger partial charge in [-0.15, -0.1) is 0 Å². The van der Waals surface area contributed by atoms with E-state index in [-0.39, 0.29) is 17.3 Å². The second-order valence-corrected chi connectivity index (χ2v) is 12.7. The van der Waals surface area contributed by atoms with E-state index in [4.69, 9.17) is 0 Å². The largest absolute Gasteiger partial charge is 0.380 e. The molecule has 0 heterocycles. The second-order valence-electron chi connectivity index (χ2n) is 10.9. The highest BCUT2D eigenvalue weighted by atomic mass is 79.9. The molecular weight excluding hydrogens is 584 g/mol. The number of hydrogen-bond acceptors (Lipinski definition) is 1. The van der Waals surface area contributed by atoms with Crippen LogP contribution in [0.3, 0.4) is 0 Å². The minimum Gasteiger partial charge on any atom is -0.380 e. The van der Waals surface area contributed by atoms with Gasteiger partial charge in [0, 0.05) is 26.2 Å². The average molecular weight is 610 g/mol. The van der Waals surface area contributed by atoms with E-state index in [0.717, 1.165) is 31.2 Å². The van der Waals surface area contributed by atoms with E-state index in [1.165, 1.54) is 27.8 Å². The van der Waals surface area contributed by atoms with Crippen LogP contribution in [0.4, 0.5) is 0 Å². The molecule has 1 N–H and O–H groups in total. The molecule has 0 aromatic heterocycles. The second kappa shape index (κ2) is 8.14. The molecule has 1 nitrogen and oxygen atoms in total. The third-order valence-corrected chi connectivity index (χ3v) is 9.87. The Morgan fingerprint density at radius 1 is 0.703 bits per heavy atom. The van der Waals surface area contributed by atoms with Crippen LogP contribution in [0.2, 0.25) is 0 Å². The predicted molar refractivity (Wildman–Crippen MR) is 159 cm³/mol. The van der Waals surface area contributed by atoms with Gasteiger partial charge in [-0.05, 0) is 62.2 Å². The van der Waals surface area contributed by atoms with Crippen molar-refractivity contribution in [3.05, 3.63) is 145 Å². The van der Waals surface area contributed by atoms with Crippen LogP contribution in [0.1, 0.15) is 47.6 Å². The van der Waals surface area contributed by atoms with Gasteiger partial charge in [-0.1, -0.05) is 137 Å². The third-order valence-electron chi connectivity index (χ3n) is 8.71. The first kappa shape index (κ1) is 23.4. The molecule has 4 aromatic carbocycles. The lowest BCUT2D eigenvalue weighted by atomic mass is 9.66. The van der Waals surface area contributed by atoms with Crippen molar-refractivity contribution in [2.75, 3.05) is 0 Å². The molecule has 0 fully saturated rings. The summed E-state index contributed by atoms with van der Waals surface area (Å²) in [5.41, 5.74) is 9.29. The number of benzene rings is 4. The fourth-order valence-corrected chi connectivity index (χ4v) is 8.27. The molecule has 0 aliphatic heterocycles. The Morgan fingerprint density at radius 3 is 2.11 bits per heavy atom. The predicted octanol–water partition coefficient (Wildman–Crippen LogP) is 9.10. The van der Waals surface area contributed by atoms with Crippen LogP contribution < -0.4 is 0 Å². The molecule has 3 unspecified atom stereocenters. The lowest BCUT2D eigenvalue weighted by Gasteiger charge is -2.39. The van der Waals surface area contributed by atoms with Gasteiger partial charge in [-0.25, -0.2) is 0 Å². The minimum absolute atomic E-state index is 0.0654. The van der Waals surface area contributed by atoms with Gasteiger partial charge in [0.2, 0.25) is 0 Å². The summed E-state index contributed by atoms with van der Waals surface area (Å²) in [6.45, 7) is 4.68. The minimum atomic E-state index is -1.20. The molecule has 4 aromatic rings. The van der Waals surface area contributed by atoms with E-state index >= 15 is 0 Å². The summed E-state index contributed by atoms with van der Waals surface area (Å²) in [6, 6.07) is 34.0. The topological polar surface area (TPSA) is 20.2 Å². The zero-order chi connectivity index (χ0) is 25.5. The fraction of sp³-hybridized carbons (Fsp3) is 0.176. The SMILES string of the molecule is CC1(C)C2=C(C(Br)=CC3C2c2ccc(Br)cc2C3(O)c2ccccc2-c2ccccc2)c2ccccc21. The maximum atomic E-state index is 13.1. The first-order valence-electron chi connectivity index (χ1n) is 12.7. The van der Waals surface area contributed by atoms with Gasteiger partial charge in [-0.3, -0.25) is 0 Å². The Morgan fingerprint density at radius 2 is 1.35 bits per heavy atom. The van der Waals surface area contributed by atoms with Gasteiger partial charge in [0.25, 0.3) is 0 Å². The first-order valence-corrected chi connectivity index (χ1v) is 14.3. The Labute approximate surface area is 234 Å². The Bertz CT molecular complexity index is 1650. The molecule has 7 rings (SSSR count). The maximum Gasteiger partial charge on any atom is 0.123 e. The lowest BCUT2D eigenvalue weighted by molar-refractivity contribution is 0.0438. The number of rotatable bonds is 2. The summed E-state index contributed by atoms with van der Waals surface area (Å²) < 4.78 is 2.05. The molecule has 0 radical (unpaired) electrons. The number of halogens is 2. The summed E-state index contributed by atoms with van der Waals surface area (Å²) in [5.74, 6) is -0.0843. The summed E-state index contributed by atoms with van der Waals surface area (Å²) in [5, 5.41) is 13.1. The van der Waals surface area contributed by atoms with Crippen molar-refractivity contribution in [1.82, 2.24) is 0 Å². The molecular formula is C34H26Br2O. The molecule has 0 saturated carbocycles. The van der Waals surface area contributed by atoms with Crippen molar-refractivity contribution in [3.8, 4) is 11.1 Å². The molecule has 3 heteroatoms. The van der Waals surface area contributed by atoms with Crippen molar-refractivity contribution in [2.24, 2.45) is 5.92 Å². The number of hydrogen-bond donors (Lipinski definition) is 1. The van der Waals surface area contributed by atoms with Crippen LogP contribution in [0.15, 0.2) is 118 Å². The van der Waals surface area contributed by atoms with Crippen molar-refractivity contribution in [3.63, 3.8) is 0 Å². The van der Waals surface area contributed by atoms with Crippen molar-refractivity contribution < 1.29 is 5.11 Å². The molecule has 182 valence electrons. The van der Waals surface area contributed by atoms with E-state index in [1.54, 1.807) is 0 Å². The highest BCUT2D eigenvalue weighted by Gasteiger charge is 2.58. The average Bonchev–Trinajstić information content (AvgIpc) is 3.30. The van der Waals surface area contributed by atoms with Crippen LogP contribution in [-0.2, 0) is 11.0 Å². The number of fused-ring (bicyclic) bond motifs is 6. The Balaban J connectivity index is 1.53. The van der Waals surface area contributed by atoms with E-state index in [1.807, 2.05) is 12.1 Å². The van der Waals surface area contributed by atoms with Crippen LogP contribution in [-0.4, -0.2) is 5.11 Å². The molecule has 0 amide bonds. The normalized spacial score (nSPS) is 24.7.